The lowest BCUT2D eigenvalue weighted by molar-refractivity contribution is -0.148. The van der Waals surface area contributed by atoms with E-state index in [1.165, 1.54) is 13.2 Å². The van der Waals surface area contributed by atoms with Gasteiger partial charge in [-0.2, -0.15) is 13.2 Å². The molecule has 20 heavy (non-hydrogen) atoms. The lowest BCUT2D eigenvalue weighted by Gasteiger charge is -2.26. The maximum Gasteiger partial charge on any atom is 0.416 e. The molecule has 1 unspecified atom stereocenters. The van der Waals surface area contributed by atoms with E-state index in [0.717, 1.165) is 18.6 Å². The van der Waals surface area contributed by atoms with Gasteiger partial charge in [-0.3, -0.25) is 4.79 Å². The molecule has 0 saturated carbocycles. The van der Waals surface area contributed by atoms with Gasteiger partial charge in [-0.05, 0) is 31.0 Å². The Kier molecular flexibility index (Phi) is 4.04. The molecule has 1 fully saturated rings. The number of methoxy groups -OCH3 is 1. The maximum atomic E-state index is 12.7. The average molecular weight is 287 g/mol. The molecule has 0 spiro atoms. The second-order valence-corrected chi connectivity index (χ2v) is 4.98. The second kappa shape index (κ2) is 5.44. The Morgan fingerprint density at radius 3 is 2.75 bits per heavy atom. The Balaban J connectivity index is 2.26. The first-order valence-corrected chi connectivity index (χ1v) is 6.37. The van der Waals surface area contributed by atoms with Gasteiger partial charge in [-0.25, -0.2) is 0 Å². The zero-order valence-corrected chi connectivity index (χ0v) is 11.1. The predicted octanol–water partition coefficient (Wildman–Crippen LogP) is 2.54. The highest BCUT2D eigenvalue weighted by Crippen LogP contribution is 2.31. The average Bonchev–Trinajstić information content (AvgIpc) is 2.87. The molecular formula is C14H16F3NO2. The van der Waals surface area contributed by atoms with Crippen LogP contribution in [0.3, 0.4) is 0 Å². The molecule has 1 aliphatic heterocycles. The van der Waals surface area contributed by atoms with Crippen molar-refractivity contribution >= 4 is 5.97 Å². The van der Waals surface area contributed by atoms with Gasteiger partial charge in [-0.15, -0.1) is 0 Å². The second-order valence-electron chi connectivity index (χ2n) is 4.98. The Labute approximate surface area is 115 Å². The Morgan fingerprint density at radius 1 is 1.45 bits per heavy atom. The van der Waals surface area contributed by atoms with Crippen LogP contribution in [-0.2, 0) is 22.1 Å². The molecule has 1 aromatic rings. The van der Waals surface area contributed by atoms with E-state index in [4.69, 9.17) is 4.74 Å². The van der Waals surface area contributed by atoms with Crippen LogP contribution >= 0.6 is 0 Å². The van der Waals surface area contributed by atoms with Crippen molar-refractivity contribution in [2.45, 2.75) is 31.0 Å². The first kappa shape index (κ1) is 14.8. The first-order chi connectivity index (χ1) is 9.37. The van der Waals surface area contributed by atoms with Crippen LogP contribution in [0, 0.1) is 0 Å². The van der Waals surface area contributed by atoms with Crippen molar-refractivity contribution in [2.75, 3.05) is 13.7 Å². The third-order valence-electron chi connectivity index (χ3n) is 3.58. The molecule has 1 heterocycles. The SMILES string of the molecule is COC(=O)C1(Cc2cccc(C(F)(F)F)c2)CCCN1. The summed E-state index contributed by atoms with van der Waals surface area (Å²) in [6.07, 6.45) is -2.81. The van der Waals surface area contributed by atoms with Gasteiger partial charge in [0.15, 0.2) is 0 Å². The number of rotatable bonds is 3. The minimum atomic E-state index is -4.38. The van der Waals surface area contributed by atoms with Crippen LogP contribution in [0.15, 0.2) is 24.3 Å². The van der Waals surface area contributed by atoms with Crippen LogP contribution in [0.4, 0.5) is 13.2 Å². The number of alkyl halides is 3. The van der Waals surface area contributed by atoms with Crippen LogP contribution in [0.1, 0.15) is 24.0 Å². The molecule has 1 aliphatic rings. The molecule has 2 rings (SSSR count). The van der Waals surface area contributed by atoms with Crippen molar-refractivity contribution in [3.63, 3.8) is 0 Å². The van der Waals surface area contributed by atoms with Gasteiger partial charge in [0.2, 0.25) is 0 Å². The highest BCUT2D eigenvalue weighted by atomic mass is 19.4. The minimum absolute atomic E-state index is 0.198. The number of nitrogens with one attached hydrogen (secondary N) is 1. The predicted molar refractivity (Wildman–Crippen MR) is 67.1 cm³/mol. The van der Waals surface area contributed by atoms with Crippen LogP contribution in [-0.4, -0.2) is 25.2 Å². The number of ether oxygens (including phenoxy) is 1. The minimum Gasteiger partial charge on any atom is -0.468 e. The van der Waals surface area contributed by atoms with E-state index >= 15 is 0 Å². The fraction of sp³-hybridized carbons (Fsp3) is 0.500. The largest absolute Gasteiger partial charge is 0.468 e. The maximum absolute atomic E-state index is 12.7. The van der Waals surface area contributed by atoms with Crippen molar-refractivity contribution < 1.29 is 22.7 Å². The number of hydrogen-bond donors (Lipinski definition) is 1. The molecule has 0 amide bonds. The molecule has 1 N–H and O–H groups in total. The van der Waals surface area contributed by atoms with Crippen molar-refractivity contribution in [3.05, 3.63) is 35.4 Å². The van der Waals surface area contributed by atoms with Gasteiger partial charge in [-0.1, -0.05) is 18.2 Å². The summed E-state index contributed by atoms with van der Waals surface area (Å²) >= 11 is 0. The molecule has 0 aliphatic carbocycles. The number of halogens is 3. The summed E-state index contributed by atoms with van der Waals surface area (Å²) in [6, 6.07) is 5.07. The number of esters is 1. The van der Waals surface area contributed by atoms with Crippen LogP contribution in [0.5, 0.6) is 0 Å². The third-order valence-corrected chi connectivity index (χ3v) is 3.58. The van der Waals surface area contributed by atoms with Gasteiger partial charge in [0.1, 0.15) is 5.54 Å². The summed E-state index contributed by atoms with van der Waals surface area (Å²) in [4.78, 5) is 11.9. The van der Waals surface area contributed by atoms with Crippen molar-refractivity contribution in [1.29, 1.82) is 0 Å². The number of carbonyl (C=O) groups is 1. The van der Waals surface area contributed by atoms with Crippen molar-refractivity contribution in [2.24, 2.45) is 0 Å². The van der Waals surface area contributed by atoms with Gasteiger partial charge < -0.3 is 10.1 Å². The quantitative estimate of drug-likeness (QED) is 0.868. The van der Waals surface area contributed by atoms with E-state index in [9.17, 15) is 18.0 Å². The topological polar surface area (TPSA) is 38.3 Å². The number of hydrogen-bond acceptors (Lipinski definition) is 3. The molecule has 0 aromatic heterocycles. The Hall–Kier alpha value is -1.56. The zero-order valence-electron chi connectivity index (χ0n) is 11.1. The van der Waals surface area contributed by atoms with Crippen LogP contribution < -0.4 is 5.32 Å². The van der Waals surface area contributed by atoms with E-state index in [1.54, 1.807) is 6.07 Å². The van der Waals surface area contributed by atoms with Gasteiger partial charge in [0.05, 0.1) is 12.7 Å². The summed E-state index contributed by atoms with van der Waals surface area (Å²) in [5.41, 5.74) is -1.13. The Bertz CT molecular complexity index is 493. The summed E-state index contributed by atoms with van der Waals surface area (Å²) < 4.78 is 42.9. The summed E-state index contributed by atoms with van der Waals surface area (Å²) in [7, 11) is 1.29. The monoisotopic (exact) mass is 287 g/mol. The highest BCUT2D eigenvalue weighted by molar-refractivity contribution is 5.81. The highest BCUT2D eigenvalue weighted by Gasteiger charge is 2.42. The molecule has 1 atom stereocenters. The van der Waals surface area contributed by atoms with E-state index in [2.05, 4.69) is 5.32 Å². The molecular weight excluding hydrogens is 271 g/mol. The molecule has 6 heteroatoms. The number of carbonyl (C=O) groups excluding carboxylic acids is 1. The third kappa shape index (κ3) is 2.95. The van der Waals surface area contributed by atoms with Gasteiger partial charge >= 0.3 is 12.1 Å². The number of benzene rings is 1. The summed E-state index contributed by atoms with van der Waals surface area (Å²) in [6.45, 7) is 0.661. The molecule has 0 bridgehead atoms. The van der Waals surface area contributed by atoms with E-state index in [1.807, 2.05) is 0 Å². The van der Waals surface area contributed by atoms with Crippen LogP contribution in [0.25, 0.3) is 0 Å². The fourth-order valence-corrected chi connectivity index (χ4v) is 2.60. The summed E-state index contributed by atoms with van der Waals surface area (Å²) in [5, 5.41) is 3.07. The molecule has 0 radical (unpaired) electrons. The standard InChI is InChI=1S/C14H16F3NO2/c1-20-12(19)13(6-3-7-18-13)9-10-4-2-5-11(8-10)14(15,16)17/h2,4-5,8,18H,3,6-7,9H2,1H3. The molecule has 110 valence electrons. The molecule has 3 nitrogen and oxygen atoms in total. The van der Waals surface area contributed by atoms with E-state index in [-0.39, 0.29) is 6.42 Å². The normalized spacial score (nSPS) is 22.8. The van der Waals surface area contributed by atoms with E-state index < -0.39 is 23.2 Å². The zero-order chi connectivity index (χ0) is 14.8. The van der Waals surface area contributed by atoms with Gasteiger partial charge in [0, 0.05) is 6.42 Å². The van der Waals surface area contributed by atoms with Gasteiger partial charge in [0.25, 0.3) is 0 Å². The lowest BCUT2D eigenvalue weighted by Crippen LogP contribution is -2.50. The lowest BCUT2D eigenvalue weighted by atomic mass is 9.88. The van der Waals surface area contributed by atoms with E-state index in [0.29, 0.717) is 18.5 Å². The van der Waals surface area contributed by atoms with Crippen molar-refractivity contribution in [1.82, 2.24) is 5.32 Å². The molecule has 1 saturated heterocycles. The Morgan fingerprint density at radius 2 is 2.20 bits per heavy atom. The smallest absolute Gasteiger partial charge is 0.416 e. The van der Waals surface area contributed by atoms with Crippen LogP contribution in [0.2, 0.25) is 0 Å². The summed E-state index contributed by atoms with van der Waals surface area (Å²) in [5.74, 6) is -0.424. The first-order valence-electron chi connectivity index (χ1n) is 6.37. The fourth-order valence-electron chi connectivity index (χ4n) is 2.60. The molecule has 1 aromatic carbocycles. The van der Waals surface area contributed by atoms with Crippen molar-refractivity contribution in [3.8, 4) is 0 Å².